The summed E-state index contributed by atoms with van der Waals surface area (Å²) >= 11 is 4.94. The molecule has 0 atom stereocenters. The SMILES string of the molecule is Cc1ccc(NC(=O)CSc2cc(C)c3cccc(C)c3n2)cc1Br. The van der Waals surface area contributed by atoms with Gasteiger partial charge in [-0.2, -0.15) is 0 Å². The number of halogens is 1. The minimum absolute atomic E-state index is 0.0370. The van der Waals surface area contributed by atoms with Crippen LogP contribution in [0.4, 0.5) is 5.69 Å². The average Bonchev–Trinajstić information content (AvgIpc) is 2.57. The molecule has 1 heterocycles. The van der Waals surface area contributed by atoms with Gasteiger partial charge in [-0.3, -0.25) is 4.79 Å². The first-order chi connectivity index (χ1) is 11.9. The van der Waals surface area contributed by atoms with Gasteiger partial charge in [-0.05, 0) is 55.7 Å². The van der Waals surface area contributed by atoms with Crippen LogP contribution in [0.25, 0.3) is 10.9 Å². The Hall–Kier alpha value is -1.85. The number of nitrogens with zero attached hydrogens (tertiary/aromatic N) is 1. The summed E-state index contributed by atoms with van der Waals surface area (Å²) in [5, 5.41) is 4.97. The molecule has 0 fully saturated rings. The van der Waals surface area contributed by atoms with E-state index in [4.69, 9.17) is 4.98 Å². The van der Waals surface area contributed by atoms with E-state index in [1.54, 1.807) is 0 Å². The summed E-state index contributed by atoms with van der Waals surface area (Å²) in [6.07, 6.45) is 0. The molecule has 3 rings (SSSR count). The highest BCUT2D eigenvalue weighted by Gasteiger charge is 2.09. The number of benzene rings is 2. The fraction of sp³-hybridized carbons (Fsp3) is 0.200. The van der Waals surface area contributed by atoms with Gasteiger partial charge in [0.2, 0.25) is 5.91 Å². The van der Waals surface area contributed by atoms with Crippen molar-refractivity contribution >= 4 is 50.2 Å². The molecule has 3 nitrogen and oxygen atoms in total. The summed E-state index contributed by atoms with van der Waals surface area (Å²) in [4.78, 5) is 16.9. The van der Waals surface area contributed by atoms with Gasteiger partial charge < -0.3 is 5.32 Å². The Balaban J connectivity index is 1.70. The third-order valence-corrected chi connectivity index (χ3v) is 5.80. The summed E-state index contributed by atoms with van der Waals surface area (Å²) in [6.45, 7) is 6.16. The minimum Gasteiger partial charge on any atom is -0.325 e. The number of carbonyl (C=O) groups excluding carboxylic acids is 1. The number of anilines is 1. The van der Waals surface area contributed by atoms with Gasteiger partial charge in [0.1, 0.15) is 0 Å². The molecule has 2 aromatic carbocycles. The lowest BCUT2D eigenvalue weighted by Crippen LogP contribution is -2.14. The standard InChI is InChI=1S/C20H19BrN2OS/c1-12-7-8-15(10-17(12)21)22-18(24)11-25-19-9-14(3)16-6-4-5-13(2)20(16)23-19/h4-10H,11H2,1-3H3,(H,22,24). The molecule has 25 heavy (non-hydrogen) atoms. The Bertz CT molecular complexity index is 956. The van der Waals surface area contributed by atoms with Crippen molar-refractivity contribution < 1.29 is 4.79 Å². The lowest BCUT2D eigenvalue weighted by Gasteiger charge is -2.09. The number of thioether (sulfide) groups is 1. The fourth-order valence-electron chi connectivity index (χ4n) is 2.61. The van der Waals surface area contributed by atoms with Crippen LogP contribution in [0.2, 0.25) is 0 Å². The van der Waals surface area contributed by atoms with E-state index >= 15 is 0 Å². The number of aryl methyl sites for hydroxylation is 3. The molecule has 0 aliphatic heterocycles. The molecule has 0 saturated heterocycles. The fourth-order valence-corrected chi connectivity index (χ4v) is 3.76. The van der Waals surface area contributed by atoms with Crippen LogP contribution in [0.3, 0.4) is 0 Å². The zero-order chi connectivity index (χ0) is 18.0. The molecule has 128 valence electrons. The Morgan fingerprint density at radius 2 is 1.88 bits per heavy atom. The van der Waals surface area contributed by atoms with Gasteiger partial charge in [0.25, 0.3) is 0 Å². The molecule has 1 amide bonds. The summed E-state index contributed by atoms with van der Waals surface area (Å²) < 4.78 is 0.986. The molecular formula is C20H19BrN2OS. The molecule has 0 bridgehead atoms. The molecule has 3 aromatic rings. The highest BCUT2D eigenvalue weighted by atomic mass is 79.9. The predicted octanol–water partition coefficient (Wildman–Crippen LogP) is 5.65. The maximum absolute atomic E-state index is 12.2. The second kappa shape index (κ2) is 7.58. The number of nitrogens with one attached hydrogen (secondary N) is 1. The molecule has 0 spiro atoms. The van der Waals surface area contributed by atoms with Crippen LogP contribution in [-0.2, 0) is 4.79 Å². The van der Waals surface area contributed by atoms with Crippen LogP contribution in [0.5, 0.6) is 0 Å². The molecule has 0 saturated carbocycles. The normalized spacial score (nSPS) is 10.9. The van der Waals surface area contributed by atoms with E-state index in [1.807, 2.05) is 37.3 Å². The highest BCUT2D eigenvalue weighted by Crippen LogP contribution is 2.26. The lowest BCUT2D eigenvalue weighted by atomic mass is 10.1. The van der Waals surface area contributed by atoms with Gasteiger partial charge in [0, 0.05) is 15.5 Å². The summed E-state index contributed by atoms with van der Waals surface area (Å²) in [5.74, 6) is 0.292. The van der Waals surface area contributed by atoms with Gasteiger partial charge in [0.15, 0.2) is 0 Å². The van der Waals surface area contributed by atoms with Gasteiger partial charge in [-0.15, -0.1) is 0 Å². The van der Waals surface area contributed by atoms with Crippen LogP contribution in [-0.4, -0.2) is 16.6 Å². The van der Waals surface area contributed by atoms with Crippen molar-refractivity contribution in [1.82, 2.24) is 4.98 Å². The number of rotatable bonds is 4. The topological polar surface area (TPSA) is 42.0 Å². The molecule has 5 heteroatoms. The van der Waals surface area contributed by atoms with E-state index in [9.17, 15) is 4.79 Å². The van der Waals surface area contributed by atoms with Crippen LogP contribution in [0, 0.1) is 20.8 Å². The van der Waals surface area contributed by atoms with E-state index in [0.29, 0.717) is 5.75 Å². The van der Waals surface area contributed by atoms with Crippen molar-refractivity contribution in [2.75, 3.05) is 11.1 Å². The van der Waals surface area contributed by atoms with E-state index in [-0.39, 0.29) is 5.91 Å². The Morgan fingerprint density at radius 3 is 2.64 bits per heavy atom. The minimum atomic E-state index is -0.0370. The number of para-hydroxylation sites is 1. The van der Waals surface area contributed by atoms with Crippen LogP contribution in [0.15, 0.2) is 52.0 Å². The van der Waals surface area contributed by atoms with Crippen molar-refractivity contribution in [2.24, 2.45) is 0 Å². The average molecular weight is 415 g/mol. The number of hydrogen-bond acceptors (Lipinski definition) is 3. The first-order valence-corrected chi connectivity index (χ1v) is 9.77. The van der Waals surface area contributed by atoms with E-state index in [1.165, 1.54) is 22.7 Å². The Kier molecular flexibility index (Phi) is 5.45. The van der Waals surface area contributed by atoms with Crippen LogP contribution < -0.4 is 5.32 Å². The van der Waals surface area contributed by atoms with Crippen molar-refractivity contribution in [2.45, 2.75) is 25.8 Å². The number of amides is 1. The van der Waals surface area contributed by atoms with Crippen LogP contribution in [0.1, 0.15) is 16.7 Å². The molecule has 0 aliphatic carbocycles. The van der Waals surface area contributed by atoms with Crippen molar-refractivity contribution in [3.8, 4) is 0 Å². The predicted molar refractivity (Wildman–Crippen MR) is 109 cm³/mol. The quantitative estimate of drug-likeness (QED) is 0.560. The molecule has 0 radical (unpaired) electrons. The van der Waals surface area contributed by atoms with Crippen molar-refractivity contribution in [3.05, 3.63) is 63.6 Å². The van der Waals surface area contributed by atoms with E-state index in [2.05, 4.69) is 47.2 Å². The molecule has 1 N–H and O–H groups in total. The number of aromatic nitrogens is 1. The van der Waals surface area contributed by atoms with Crippen molar-refractivity contribution in [1.29, 1.82) is 0 Å². The van der Waals surface area contributed by atoms with E-state index in [0.717, 1.165) is 31.8 Å². The van der Waals surface area contributed by atoms with Gasteiger partial charge in [0.05, 0.1) is 16.3 Å². The second-order valence-electron chi connectivity index (χ2n) is 6.05. The molecule has 0 aliphatic rings. The molecular weight excluding hydrogens is 396 g/mol. The van der Waals surface area contributed by atoms with Gasteiger partial charge in [-0.1, -0.05) is 52.0 Å². The monoisotopic (exact) mass is 414 g/mol. The van der Waals surface area contributed by atoms with Crippen molar-refractivity contribution in [3.63, 3.8) is 0 Å². The Labute approximate surface area is 160 Å². The van der Waals surface area contributed by atoms with E-state index < -0.39 is 0 Å². The number of hydrogen-bond donors (Lipinski definition) is 1. The first kappa shape index (κ1) is 18.0. The third kappa shape index (κ3) is 4.22. The second-order valence-corrected chi connectivity index (χ2v) is 7.90. The zero-order valence-electron chi connectivity index (χ0n) is 14.4. The van der Waals surface area contributed by atoms with Gasteiger partial charge in [-0.25, -0.2) is 4.98 Å². The zero-order valence-corrected chi connectivity index (χ0v) is 16.8. The summed E-state index contributed by atoms with van der Waals surface area (Å²) in [6, 6.07) is 14.0. The summed E-state index contributed by atoms with van der Waals surface area (Å²) in [5.41, 5.74) is 5.27. The van der Waals surface area contributed by atoms with Gasteiger partial charge >= 0.3 is 0 Å². The Morgan fingerprint density at radius 1 is 1.08 bits per heavy atom. The van der Waals surface area contributed by atoms with Crippen LogP contribution >= 0.6 is 27.7 Å². The number of fused-ring (bicyclic) bond motifs is 1. The highest BCUT2D eigenvalue weighted by molar-refractivity contribution is 9.10. The number of carbonyl (C=O) groups is 1. The summed E-state index contributed by atoms with van der Waals surface area (Å²) in [7, 11) is 0. The first-order valence-electron chi connectivity index (χ1n) is 8.00. The lowest BCUT2D eigenvalue weighted by molar-refractivity contribution is -0.113. The molecule has 1 aromatic heterocycles. The number of pyridine rings is 1. The maximum atomic E-state index is 12.2. The molecule has 0 unspecified atom stereocenters. The third-order valence-electron chi connectivity index (χ3n) is 4.03. The maximum Gasteiger partial charge on any atom is 0.234 e. The smallest absolute Gasteiger partial charge is 0.234 e. The largest absolute Gasteiger partial charge is 0.325 e.